The molecule has 2 fully saturated rings. The molecule has 2 N–H and O–H groups in total. The normalized spacial score (nSPS) is 25.4. The molecule has 0 radical (unpaired) electrons. The molecule has 5 nitrogen and oxygen atoms in total. The van der Waals surface area contributed by atoms with Gasteiger partial charge in [-0.15, -0.1) is 0 Å². The van der Waals surface area contributed by atoms with E-state index >= 15 is 0 Å². The van der Waals surface area contributed by atoms with Crippen LogP contribution in [0.1, 0.15) is 17.5 Å². The van der Waals surface area contributed by atoms with E-state index in [9.17, 15) is 18.8 Å². The topological polar surface area (TPSA) is 88.7 Å². The summed E-state index contributed by atoms with van der Waals surface area (Å²) in [5.74, 6) is -1.19. The number of carbonyl (C=O) groups is 1. The van der Waals surface area contributed by atoms with Crippen LogP contribution >= 0.6 is 0 Å². The van der Waals surface area contributed by atoms with Crippen molar-refractivity contribution in [2.24, 2.45) is 5.92 Å². The molecule has 1 saturated carbocycles. The number of hydrogen-bond donors (Lipinski definition) is 2. The number of nitrogens with zero attached hydrogens (tertiary/aromatic N) is 2. The average molecular weight is 392 g/mol. The van der Waals surface area contributed by atoms with E-state index in [0.717, 1.165) is 11.1 Å². The number of carbonyl (C=O) groups excluding carboxylic acids is 1. The van der Waals surface area contributed by atoms with E-state index in [-0.39, 0.29) is 23.4 Å². The summed E-state index contributed by atoms with van der Waals surface area (Å²) in [6.07, 6.45) is -0.187. The van der Waals surface area contributed by atoms with Crippen LogP contribution < -0.4 is 10.6 Å². The molecule has 1 saturated heterocycles. The van der Waals surface area contributed by atoms with Crippen LogP contribution in [0.2, 0.25) is 0 Å². The summed E-state index contributed by atoms with van der Waals surface area (Å²) in [5, 5.41) is 23.9. The molecule has 1 aliphatic carbocycles. The Morgan fingerprint density at radius 3 is 2.52 bits per heavy atom. The van der Waals surface area contributed by atoms with Crippen LogP contribution in [-0.4, -0.2) is 30.2 Å². The third kappa shape index (κ3) is 3.57. The molecule has 2 aromatic carbocycles. The molecule has 5 atom stereocenters. The lowest BCUT2D eigenvalue weighted by Gasteiger charge is -2.55. The second-order valence-corrected chi connectivity index (χ2v) is 7.48. The van der Waals surface area contributed by atoms with Gasteiger partial charge in [-0.25, -0.2) is 8.78 Å². The first kappa shape index (κ1) is 19.0. The maximum absolute atomic E-state index is 13.8. The second-order valence-electron chi connectivity index (χ2n) is 7.48. The predicted molar refractivity (Wildman–Crippen MR) is 102 cm³/mol. The molecular weight excluding hydrogens is 374 g/mol. The summed E-state index contributed by atoms with van der Waals surface area (Å²) in [4.78, 5) is 12.3. The van der Waals surface area contributed by atoms with Gasteiger partial charge in [0, 0.05) is 18.4 Å². The zero-order valence-electron chi connectivity index (χ0n) is 15.4. The lowest BCUT2D eigenvalue weighted by Crippen LogP contribution is -2.76. The molecule has 7 heteroatoms. The van der Waals surface area contributed by atoms with E-state index < -0.39 is 24.1 Å². The number of rotatable bonds is 5. The molecule has 0 bridgehead atoms. The van der Waals surface area contributed by atoms with Crippen LogP contribution in [0.4, 0.5) is 8.78 Å². The number of nitriles is 2. The van der Waals surface area contributed by atoms with Gasteiger partial charge in [0.25, 0.3) is 0 Å². The summed E-state index contributed by atoms with van der Waals surface area (Å²) < 4.78 is 27.3. The number of halogens is 2. The highest BCUT2D eigenvalue weighted by atomic mass is 19.1. The number of hydrogen-bond acceptors (Lipinski definition) is 4. The van der Waals surface area contributed by atoms with Crippen molar-refractivity contribution in [3.63, 3.8) is 0 Å². The predicted octanol–water partition coefficient (Wildman–Crippen LogP) is 2.61. The lowest BCUT2D eigenvalue weighted by molar-refractivity contribution is -0.138. The fourth-order valence-electron chi connectivity index (χ4n) is 3.95. The van der Waals surface area contributed by atoms with Crippen LogP contribution in [0, 0.1) is 34.4 Å². The monoisotopic (exact) mass is 392 g/mol. The third-order valence-electron chi connectivity index (χ3n) is 5.71. The molecule has 0 spiro atoms. The molecule has 2 aromatic rings. The highest BCUT2D eigenvalue weighted by molar-refractivity contribution is 5.84. The number of piperidine rings is 1. The van der Waals surface area contributed by atoms with Gasteiger partial charge in [0.05, 0.1) is 17.7 Å². The van der Waals surface area contributed by atoms with Crippen molar-refractivity contribution in [1.29, 1.82) is 10.5 Å². The molecule has 1 unspecified atom stereocenters. The first-order valence-electron chi connectivity index (χ1n) is 9.39. The molecule has 1 heterocycles. The van der Waals surface area contributed by atoms with E-state index in [0.29, 0.717) is 18.4 Å². The maximum atomic E-state index is 13.8. The van der Waals surface area contributed by atoms with Crippen molar-refractivity contribution in [1.82, 2.24) is 10.6 Å². The van der Waals surface area contributed by atoms with E-state index in [2.05, 4.69) is 16.7 Å². The number of amides is 1. The Labute approximate surface area is 167 Å². The average Bonchev–Trinajstić information content (AvgIpc) is 2.70. The Morgan fingerprint density at radius 1 is 1.21 bits per heavy atom. The first-order chi connectivity index (χ1) is 14.0. The van der Waals surface area contributed by atoms with Crippen LogP contribution in [0.5, 0.6) is 0 Å². The van der Waals surface area contributed by atoms with Crippen molar-refractivity contribution < 1.29 is 13.6 Å². The van der Waals surface area contributed by atoms with Crippen molar-refractivity contribution in [3.05, 3.63) is 59.4 Å². The van der Waals surface area contributed by atoms with Crippen LogP contribution in [0.15, 0.2) is 42.5 Å². The molecule has 4 rings (SSSR count). The molecule has 0 aromatic heterocycles. The van der Waals surface area contributed by atoms with Crippen molar-refractivity contribution in [2.75, 3.05) is 0 Å². The Hall–Kier alpha value is -3.29. The molecule has 2 aliphatic rings. The SMILES string of the molecule is N#Cc1ccc(-c2ccc(C[C@@H](C#N)NC(=O)[C@H]3NC4C[C@@H](F)[C@@H]43)cc2)cc1F. The summed E-state index contributed by atoms with van der Waals surface area (Å²) in [6.45, 7) is 0. The largest absolute Gasteiger partial charge is 0.339 e. The van der Waals surface area contributed by atoms with Crippen molar-refractivity contribution in [3.8, 4) is 23.3 Å². The first-order valence-corrected chi connectivity index (χ1v) is 9.39. The van der Waals surface area contributed by atoms with Gasteiger partial charge in [0.1, 0.15) is 24.1 Å². The minimum absolute atomic E-state index is 0.00812. The quantitative estimate of drug-likeness (QED) is 0.819. The highest BCUT2D eigenvalue weighted by Crippen LogP contribution is 2.41. The van der Waals surface area contributed by atoms with Gasteiger partial charge in [-0.2, -0.15) is 10.5 Å². The van der Waals surface area contributed by atoms with Gasteiger partial charge in [-0.3, -0.25) is 4.79 Å². The Morgan fingerprint density at radius 2 is 1.93 bits per heavy atom. The maximum Gasteiger partial charge on any atom is 0.238 e. The minimum Gasteiger partial charge on any atom is -0.339 e. The molecular formula is C22H18F2N4O. The lowest BCUT2D eigenvalue weighted by atomic mass is 9.65. The van der Waals surface area contributed by atoms with E-state index in [1.165, 1.54) is 12.1 Å². The van der Waals surface area contributed by atoms with Gasteiger partial charge in [-0.05, 0) is 35.2 Å². The third-order valence-corrected chi connectivity index (χ3v) is 5.71. The zero-order valence-corrected chi connectivity index (χ0v) is 15.4. The number of alkyl halides is 1. The molecule has 146 valence electrons. The van der Waals surface area contributed by atoms with E-state index in [1.807, 2.05) is 12.1 Å². The van der Waals surface area contributed by atoms with Gasteiger partial charge in [-0.1, -0.05) is 30.3 Å². The van der Waals surface area contributed by atoms with E-state index in [1.54, 1.807) is 24.3 Å². The fourth-order valence-corrected chi connectivity index (χ4v) is 3.95. The number of nitrogens with one attached hydrogen (secondary N) is 2. The standard InChI is InChI=1S/C22H18F2N4O/c23-17-8-14(5-6-15(17)10-25)13-3-1-12(2-4-13)7-16(11-26)27-22(29)21-20-18(24)9-19(20)28-21/h1-6,8,16,18-21,28H,7,9H2,(H,27,29)/t16-,18+,19?,20-,21-/m0/s1. The Kier molecular flexibility index (Phi) is 5.00. The minimum atomic E-state index is -0.947. The fraction of sp³-hybridized carbons (Fsp3) is 0.318. The van der Waals surface area contributed by atoms with Crippen LogP contribution in [0.3, 0.4) is 0 Å². The molecule has 1 aliphatic heterocycles. The smallest absolute Gasteiger partial charge is 0.238 e. The Bertz CT molecular complexity index is 1020. The number of benzene rings is 2. The summed E-state index contributed by atoms with van der Waals surface area (Å²) >= 11 is 0. The number of fused-ring (bicyclic) bond motifs is 1. The van der Waals surface area contributed by atoms with Gasteiger partial charge in [0.2, 0.25) is 5.91 Å². The second kappa shape index (κ2) is 7.62. The highest BCUT2D eigenvalue weighted by Gasteiger charge is 2.57. The van der Waals surface area contributed by atoms with Gasteiger partial charge >= 0.3 is 0 Å². The molecule has 1 amide bonds. The summed E-state index contributed by atoms with van der Waals surface area (Å²) in [5.41, 5.74) is 2.25. The van der Waals surface area contributed by atoms with Gasteiger partial charge in [0.15, 0.2) is 0 Å². The summed E-state index contributed by atoms with van der Waals surface area (Å²) in [6, 6.07) is 14.3. The van der Waals surface area contributed by atoms with E-state index in [4.69, 9.17) is 5.26 Å². The zero-order chi connectivity index (χ0) is 20.5. The summed E-state index contributed by atoms with van der Waals surface area (Å²) in [7, 11) is 0. The van der Waals surface area contributed by atoms with Crippen LogP contribution in [-0.2, 0) is 11.2 Å². The van der Waals surface area contributed by atoms with Crippen LogP contribution in [0.25, 0.3) is 11.1 Å². The van der Waals surface area contributed by atoms with Gasteiger partial charge < -0.3 is 10.6 Å². The molecule has 29 heavy (non-hydrogen) atoms. The van der Waals surface area contributed by atoms with Crippen molar-refractivity contribution >= 4 is 5.91 Å². The Balaban J connectivity index is 1.38. The van der Waals surface area contributed by atoms with Crippen molar-refractivity contribution in [2.45, 2.75) is 37.1 Å².